The number of hydrogen-bond donors (Lipinski definition) is 0. The smallest absolute Gasteiger partial charge is 0.153 e. The molecule has 2 rings (SSSR count). The Morgan fingerprint density at radius 3 is 2.73 bits per heavy atom. The number of halogens is 2. The summed E-state index contributed by atoms with van der Waals surface area (Å²) >= 11 is 12.0. The Morgan fingerprint density at radius 1 is 1.33 bits per heavy atom. The number of rotatable bonds is 1. The Kier molecular flexibility index (Phi) is 2.63. The largest absolute Gasteiger partial charge is 0.298 e. The summed E-state index contributed by atoms with van der Waals surface area (Å²) in [7, 11) is 0. The number of nitrogens with zero attached hydrogens (tertiary/aromatic N) is 1. The number of aryl methyl sites for hydroxylation is 1. The molecule has 0 spiro atoms. The number of hydrogen-bond acceptors (Lipinski definition) is 2. The van der Waals surface area contributed by atoms with E-state index in [4.69, 9.17) is 23.2 Å². The van der Waals surface area contributed by atoms with Gasteiger partial charge in [-0.2, -0.15) is 0 Å². The van der Waals surface area contributed by atoms with Gasteiger partial charge in [-0.05, 0) is 24.6 Å². The van der Waals surface area contributed by atoms with Gasteiger partial charge in [-0.1, -0.05) is 23.2 Å². The molecule has 0 radical (unpaired) electrons. The van der Waals surface area contributed by atoms with E-state index in [2.05, 4.69) is 4.98 Å². The lowest BCUT2D eigenvalue weighted by atomic mass is 10.1. The monoisotopic (exact) mass is 239 g/mol. The Hall–Kier alpha value is -1.12. The SMILES string of the molecule is Cc1cc(Cl)cc2c(Cl)c(C=O)cnc12. The molecule has 0 unspecified atom stereocenters. The van der Waals surface area contributed by atoms with Crippen molar-refractivity contribution in [3.8, 4) is 0 Å². The summed E-state index contributed by atoms with van der Waals surface area (Å²) in [6.45, 7) is 1.90. The van der Waals surface area contributed by atoms with Crippen LogP contribution in [0.2, 0.25) is 10.0 Å². The minimum absolute atomic E-state index is 0.380. The molecule has 0 aliphatic heterocycles. The first-order chi connectivity index (χ1) is 7.13. The van der Waals surface area contributed by atoms with E-state index in [1.54, 1.807) is 6.07 Å². The van der Waals surface area contributed by atoms with Crippen molar-refractivity contribution in [2.24, 2.45) is 0 Å². The number of benzene rings is 1. The van der Waals surface area contributed by atoms with Crippen molar-refractivity contribution in [1.82, 2.24) is 4.98 Å². The molecule has 0 aliphatic carbocycles. The van der Waals surface area contributed by atoms with Gasteiger partial charge in [-0.25, -0.2) is 0 Å². The second-order valence-electron chi connectivity index (χ2n) is 3.26. The molecule has 1 aromatic heterocycles. The van der Waals surface area contributed by atoms with E-state index in [1.165, 1.54) is 6.20 Å². The molecule has 0 saturated carbocycles. The highest BCUT2D eigenvalue weighted by Crippen LogP contribution is 2.29. The van der Waals surface area contributed by atoms with E-state index >= 15 is 0 Å². The lowest BCUT2D eigenvalue weighted by Gasteiger charge is -2.05. The fraction of sp³-hybridized carbons (Fsp3) is 0.0909. The zero-order valence-electron chi connectivity index (χ0n) is 7.92. The second kappa shape index (κ2) is 3.80. The summed E-state index contributed by atoms with van der Waals surface area (Å²) in [5.41, 5.74) is 2.10. The molecule has 2 aromatic rings. The van der Waals surface area contributed by atoms with Crippen LogP contribution in [-0.4, -0.2) is 11.3 Å². The first-order valence-electron chi connectivity index (χ1n) is 4.33. The van der Waals surface area contributed by atoms with Crippen molar-refractivity contribution < 1.29 is 4.79 Å². The Balaban J connectivity index is 2.92. The molecular formula is C11H7Cl2NO. The maximum Gasteiger partial charge on any atom is 0.153 e. The number of carbonyl (C=O) groups is 1. The van der Waals surface area contributed by atoms with Gasteiger partial charge in [0.1, 0.15) is 0 Å². The van der Waals surface area contributed by atoms with Gasteiger partial charge in [0.2, 0.25) is 0 Å². The number of fused-ring (bicyclic) bond motifs is 1. The van der Waals surface area contributed by atoms with Crippen molar-refractivity contribution >= 4 is 40.4 Å². The quantitative estimate of drug-likeness (QED) is 0.712. The van der Waals surface area contributed by atoms with Crippen molar-refractivity contribution in [2.75, 3.05) is 0 Å². The fourth-order valence-electron chi connectivity index (χ4n) is 1.50. The minimum atomic E-state index is 0.380. The lowest BCUT2D eigenvalue weighted by molar-refractivity contribution is 0.112. The van der Waals surface area contributed by atoms with Gasteiger partial charge >= 0.3 is 0 Å². The van der Waals surface area contributed by atoms with Crippen molar-refractivity contribution in [1.29, 1.82) is 0 Å². The van der Waals surface area contributed by atoms with Crippen LogP contribution in [0.5, 0.6) is 0 Å². The number of carbonyl (C=O) groups excluding carboxylic acids is 1. The average molecular weight is 240 g/mol. The highest BCUT2D eigenvalue weighted by molar-refractivity contribution is 6.38. The molecule has 76 valence electrons. The predicted molar refractivity (Wildman–Crippen MR) is 61.9 cm³/mol. The van der Waals surface area contributed by atoms with Crippen LogP contribution >= 0.6 is 23.2 Å². The summed E-state index contributed by atoms with van der Waals surface area (Å²) in [6, 6.07) is 3.53. The van der Waals surface area contributed by atoms with Crippen LogP contribution in [0.3, 0.4) is 0 Å². The van der Waals surface area contributed by atoms with Gasteiger partial charge < -0.3 is 0 Å². The molecule has 0 N–H and O–H groups in total. The molecule has 0 fully saturated rings. The lowest BCUT2D eigenvalue weighted by Crippen LogP contribution is -1.90. The van der Waals surface area contributed by atoms with Crippen LogP contribution in [0.4, 0.5) is 0 Å². The van der Waals surface area contributed by atoms with Crippen LogP contribution < -0.4 is 0 Å². The minimum Gasteiger partial charge on any atom is -0.298 e. The standard InChI is InChI=1S/C11H7Cl2NO/c1-6-2-8(12)3-9-10(13)7(5-15)4-14-11(6)9/h2-5H,1H3. The summed E-state index contributed by atoms with van der Waals surface area (Å²) < 4.78 is 0. The molecule has 1 aromatic carbocycles. The van der Waals surface area contributed by atoms with Gasteiger partial charge in [0, 0.05) is 16.6 Å². The third kappa shape index (κ3) is 1.71. The van der Waals surface area contributed by atoms with Gasteiger partial charge in [0.25, 0.3) is 0 Å². The summed E-state index contributed by atoms with van der Waals surface area (Å²) in [4.78, 5) is 14.9. The summed E-state index contributed by atoms with van der Waals surface area (Å²) in [6.07, 6.45) is 2.16. The van der Waals surface area contributed by atoms with E-state index in [-0.39, 0.29) is 0 Å². The van der Waals surface area contributed by atoms with Gasteiger partial charge in [0.05, 0.1) is 16.1 Å². The molecule has 4 heteroatoms. The molecule has 0 amide bonds. The van der Waals surface area contributed by atoms with Crippen molar-refractivity contribution in [3.05, 3.63) is 39.5 Å². The molecule has 2 nitrogen and oxygen atoms in total. The fourth-order valence-corrected chi connectivity index (χ4v) is 2.01. The van der Waals surface area contributed by atoms with Crippen molar-refractivity contribution in [3.63, 3.8) is 0 Å². The normalized spacial score (nSPS) is 10.6. The highest BCUT2D eigenvalue weighted by Gasteiger charge is 2.08. The molecule has 0 atom stereocenters. The van der Waals surface area contributed by atoms with E-state index in [0.29, 0.717) is 27.3 Å². The molecule has 1 heterocycles. The molecular weight excluding hydrogens is 233 g/mol. The van der Waals surface area contributed by atoms with E-state index < -0.39 is 0 Å². The number of aldehydes is 1. The van der Waals surface area contributed by atoms with Crippen molar-refractivity contribution in [2.45, 2.75) is 6.92 Å². The molecule has 15 heavy (non-hydrogen) atoms. The van der Waals surface area contributed by atoms with Crippen LogP contribution in [0.15, 0.2) is 18.3 Å². The average Bonchev–Trinajstić information content (AvgIpc) is 2.19. The highest BCUT2D eigenvalue weighted by atomic mass is 35.5. The summed E-state index contributed by atoms with van der Waals surface area (Å²) in [5, 5.41) is 1.71. The van der Waals surface area contributed by atoms with Crippen LogP contribution in [0.25, 0.3) is 10.9 Å². The Bertz CT molecular complexity index is 552. The molecule has 0 aliphatic rings. The second-order valence-corrected chi connectivity index (χ2v) is 4.08. The van der Waals surface area contributed by atoms with E-state index in [9.17, 15) is 4.79 Å². The molecule has 0 saturated heterocycles. The van der Waals surface area contributed by atoms with Crippen LogP contribution in [0.1, 0.15) is 15.9 Å². The first-order valence-corrected chi connectivity index (χ1v) is 5.08. The maximum absolute atomic E-state index is 10.7. The maximum atomic E-state index is 10.7. The number of aromatic nitrogens is 1. The first kappa shape index (κ1) is 10.4. The Labute approximate surface area is 96.8 Å². The van der Waals surface area contributed by atoms with Gasteiger partial charge in [0.15, 0.2) is 6.29 Å². The van der Waals surface area contributed by atoms with Gasteiger partial charge in [-0.3, -0.25) is 9.78 Å². The van der Waals surface area contributed by atoms with Crippen LogP contribution in [-0.2, 0) is 0 Å². The molecule has 0 bridgehead atoms. The summed E-state index contributed by atoms with van der Waals surface area (Å²) in [5.74, 6) is 0. The topological polar surface area (TPSA) is 30.0 Å². The predicted octanol–water partition coefficient (Wildman–Crippen LogP) is 3.66. The third-order valence-corrected chi connectivity index (χ3v) is 2.85. The van der Waals surface area contributed by atoms with Crippen LogP contribution in [0, 0.1) is 6.92 Å². The zero-order chi connectivity index (χ0) is 11.0. The number of pyridine rings is 1. The van der Waals surface area contributed by atoms with Gasteiger partial charge in [-0.15, -0.1) is 0 Å². The van der Waals surface area contributed by atoms with E-state index in [1.807, 2.05) is 13.0 Å². The Morgan fingerprint density at radius 2 is 2.07 bits per heavy atom. The van der Waals surface area contributed by atoms with E-state index in [0.717, 1.165) is 11.1 Å². The third-order valence-electron chi connectivity index (χ3n) is 2.21. The zero-order valence-corrected chi connectivity index (χ0v) is 9.43.